The van der Waals surface area contributed by atoms with Crippen molar-refractivity contribution in [1.82, 2.24) is 0 Å². The first-order valence-corrected chi connectivity index (χ1v) is 11.0. The number of ether oxygens (including phenoxy) is 3. The van der Waals surface area contributed by atoms with Crippen LogP contribution in [0.15, 0.2) is 104 Å². The summed E-state index contributed by atoms with van der Waals surface area (Å²) in [5.74, 6) is 0. The van der Waals surface area contributed by atoms with Gasteiger partial charge in [-0.05, 0) is 16.7 Å². The molecule has 0 aromatic heterocycles. The van der Waals surface area contributed by atoms with Crippen molar-refractivity contribution in [3.63, 3.8) is 0 Å². The van der Waals surface area contributed by atoms with Crippen molar-refractivity contribution in [2.45, 2.75) is 37.3 Å². The summed E-state index contributed by atoms with van der Waals surface area (Å²) in [4.78, 5) is 0. The zero-order chi connectivity index (χ0) is 21.7. The van der Waals surface area contributed by atoms with E-state index in [9.17, 15) is 0 Å². The second-order valence-electron chi connectivity index (χ2n) is 7.33. The first-order valence-electron chi connectivity index (χ1n) is 10.5. The fraction of sp³-hybridized carbons (Fsp3) is 0.259. The van der Waals surface area contributed by atoms with E-state index in [4.69, 9.17) is 26.8 Å². The Morgan fingerprint density at radius 3 is 1.61 bits per heavy atom. The Morgan fingerprint density at radius 2 is 1.13 bits per heavy atom. The molecule has 4 heteroatoms. The molecule has 0 bridgehead atoms. The SMILES string of the molecule is C=C[C@@H](OCc1ccccc1)[C@H](OCc1ccccc1)[C@H](S)COCc1ccccc1. The summed E-state index contributed by atoms with van der Waals surface area (Å²) < 4.78 is 18.4. The van der Waals surface area contributed by atoms with Crippen molar-refractivity contribution < 1.29 is 14.2 Å². The molecule has 3 rings (SSSR count). The molecule has 0 aliphatic carbocycles. The molecule has 162 valence electrons. The van der Waals surface area contributed by atoms with E-state index >= 15 is 0 Å². The van der Waals surface area contributed by atoms with Crippen LogP contribution in [0.5, 0.6) is 0 Å². The van der Waals surface area contributed by atoms with Crippen LogP contribution >= 0.6 is 12.6 Å². The average Bonchev–Trinajstić information content (AvgIpc) is 2.83. The molecule has 0 saturated carbocycles. The third kappa shape index (κ3) is 8.00. The molecule has 0 saturated heterocycles. The molecular weight excluding hydrogens is 404 g/mol. The molecule has 0 radical (unpaired) electrons. The maximum absolute atomic E-state index is 6.28. The lowest BCUT2D eigenvalue weighted by atomic mass is 10.1. The molecule has 3 aromatic carbocycles. The van der Waals surface area contributed by atoms with Gasteiger partial charge in [0.25, 0.3) is 0 Å². The molecule has 0 amide bonds. The minimum absolute atomic E-state index is 0.175. The van der Waals surface area contributed by atoms with E-state index < -0.39 is 0 Å². The number of rotatable bonds is 13. The minimum atomic E-state index is -0.313. The number of thiol groups is 1. The van der Waals surface area contributed by atoms with E-state index in [1.807, 2.05) is 91.0 Å². The molecule has 0 aliphatic heterocycles. The van der Waals surface area contributed by atoms with Crippen LogP contribution in [0, 0.1) is 0 Å². The van der Waals surface area contributed by atoms with E-state index in [0.717, 1.165) is 16.7 Å². The van der Waals surface area contributed by atoms with Crippen molar-refractivity contribution in [3.8, 4) is 0 Å². The highest BCUT2D eigenvalue weighted by Gasteiger charge is 2.28. The summed E-state index contributed by atoms with van der Waals surface area (Å²) in [7, 11) is 0. The maximum Gasteiger partial charge on any atom is 0.103 e. The van der Waals surface area contributed by atoms with Crippen LogP contribution in [-0.4, -0.2) is 24.1 Å². The lowest BCUT2D eigenvalue weighted by Gasteiger charge is -2.30. The van der Waals surface area contributed by atoms with Crippen molar-refractivity contribution in [2.75, 3.05) is 6.61 Å². The van der Waals surface area contributed by atoms with Crippen LogP contribution in [0.25, 0.3) is 0 Å². The van der Waals surface area contributed by atoms with Gasteiger partial charge >= 0.3 is 0 Å². The molecule has 0 spiro atoms. The molecule has 3 aromatic rings. The first-order chi connectivity index (χ1) is 15.3. The minimum Gasteiger partial charge on any atom is -0.376 e. The summed E-state index contributed by atoms with van der Waals surface area (Å²) in [6.07, 6.45) is 1.17. The van der Waals surface area contributed by atoms with Gasteiger partial charge in [0.15, 0.2) is 0 Å². The van der Waals surface area contributed by atoms with Gasteiger partial charge in [-0.15, -0.1) is 6.58 Å². The summed E-state index contributed by atoms with van der Waals surface area (Å²) >= 11 is 4.81. The molecular formula is C27H30O3S. The summed E-state index contributed by atoms with van der Waals surface area (Å²) in [6.45, 7) is 5.91. The molecule has 0 fully saturated rings. The second kappa shape index (κ2) is 13.1. The van der Waals surface area contributed by atoms with Gasteiger partial charge in [-0.3, -0.25) is 0 Å². The van der Waals surface area contributed by atoms with Crippen LogP contribution < -0.4 is 0 Å². The number of benzene rings is 3. The number of hydrogen-bond donors (Lipinski definition) is 1. The van der Waals surface area contributed by atoms with Crippen LogP contribution in [0.2, 0.25) is 0 Å². The third-order valence-corrected chi connectivity index (χ3v) is 5.35. The zero-order valence-corrected chi connectivity index (χ0v) is 18.6. The predicted molar refractivity (Wildman–Crippen MR) is 129 cm³/mol. The number of hydrogen-bond acceptors (Lipinski definition) is 4. The van der Waals surface area contributed by atoms with E-state index in [0.29, 0.717) is 26.4 Å². The Morgan fingerprint density at radius 1 is 0.677 bits per heavy atom. The average molecular weight is 435 g/mol. The van der Waals surface area contributed by atoms with Crippen molar-refractivity contribution in [3.05, 3.63) is 120 Å². The van der Waals surface area contributed by atoms with Crippen LogP contribution in [0.3, 0.4) is 0 Å². The summed E-state index contributed by atoms with van der Waals surface area (Å²) in [6, 6.07) is 30.3. The van der Waals surface area contributed by atoms with Crippen LogP contribution in [0.4, 0.5) is 0 Å². The Kier molecular flexibility index (Phi) is 9.87. The smallest absolute Gasteiger partial charge is 0.103 e. The second-order valence-corrected chi connectivity index (χ2v) is 7.99. The highest BCUT2D eigenvalue weighted by molar-refractivity contribution is 7.81. The Labute approximate surface area is 191 Å². The molecule has 0 N–H and O–H groups in total. The van der Waals surface area contributed by atoms with Gasteiger partial charge in [0, 0.05) is 0 Å². The highest BCUT2D eigenvalue weighted by Crippen LogP contribution is 2.20. The van der Waals surface area contributed by atoms with Gasteiger partial charge < -0.3 is 14.2 Å². The van der Waals surface area contributed by atoms with E-state index in [1.165, 1.54) is 0 Å². The summed E-state index contributed by atoms with van der Waals surface area (Å²) in [5, 5.41) is -0.175. The quantitative estimate of drug-likeness (QED) is 0.270. The molecule has 0 heterocycles. The topological polar surface area (TPSA) is 27.7 Å². The van der Waals surface area contributed by atoms with Gasteiger partial charge in [0.2, 0.25) is 0 Å². The third-order valence-electron chi connectivity index (χ3n) is 4.91. The van der Waals surface area contributed by atoms with E-state index in [2.05, 4.69) is 6.58 Å². The zero-order valence-electron chi connectivity index (χ0n) is 17.7. The van der Waals surface area contributed by atoms with E-state index in [-0.39, 0.29) is 17.5 Å². The first kappa shape index (κ1) is 23.3. The lowest BCUT2D eigenvalue weighted by molar-refractivity contribution is -0.0731. The normalized spacial score (nSPS) is 14.0. The fourth-order valence-corrected chi connectivity index (χ4v) is 3.58. The molecule has 3 nitrogen and oxygen atoms in total. The van der Waals surface area contributed by atoms with E-state index in [1.54, 1.807) is 6.08 Å². The standard InChI is InChI=1S/C27H30O3S/c1-2-25(29-19-23-14-8-4-9-15-23)27(30-20-24-16-10-5-11-17-24)26(31)21-28-18-22-12-6-3-7-13-22/h2-17,25-27,31H,1,18-21H2/t25-,26-,27+/m1/s1. The van der Waals surface area contributed by atoms with Gasteiger partial charge in [-0.2, -0.15) is 12.6 Å². The van der Waals surface area contributed by atoms with Gasteiger partial charge in [0.1, 0.15) is 12.2 Å². The Hall–Kier alpha value is -2.37. The lowest BCUT2D eigenvalue weighted by Crippen LogP contribution is -2.40. The monoisotopic (exact) mass is 434 g/mol. The maximum atomic E-state index is 6.28. The van der Waals surface area contributed by atoms with Crippen LogP contribution in [-0.2, 0) is 34.0 Å². The van der Waals surface area contributed by atoms with Gasteiger partial charge in [-0.25, -0.2) is 0 Å². The van der Waals surface area contributed by atoms with Crippen molar-refractivity contribution in [2.24, 2.45) is 0 Å². The molecule has 0 unspecified atom stereocenters. The molecule has 31 heavy (non-hydrogen) atoms. The van der Waals surface area contributed by atoms with Gasteiger partial charge in [0.05, 0.1) is 31.7 Å². The van der Waals surface area contributed by atoms with Crippen molar-refractivity contribution >= 4 is 12.6 Å². The summed E-state index contributed by atoms with van der Waals surface area (Å²) in [5.41, 5.74) is 3.33. The highest BCUT2D eigenvalue weighted by atomic mass is 32.1. The molecule has 3 atom stereocenters. The molecule has 0 aliphatic rings. The Bertz CT molecular complexity index is 871. The van der Waals surface area contributed by atoms with Crippen molar-refractivity contribution in [1.29, 1.82) is 0 Å². The predicted octanol–water partition coefficient (Wildman–Crippen LogP) is 5.86. The van der Waals surface area contributed by atoms with Gasteiger partial charge in [-0.1, -0.05) is 97.1 Å². The fourth-order valence-electron chi connectivity index (χ4n) is 3.22. The van der Waals surface area contributed by atoms with Crippen LogP contribution in [0.1, 0.15) is 16.7 Å². The Balaban J connectivity index is 1.62. The largest absolute Gasteiger partial charge is 0.376 e.